The summed E-state index contributed by atoms with van der Waals surface area (Å²) in [5, 5.41) is 3.31. The molecule has 3 atom stereocenters. The van der Waals surface area contributed by atoms with Crippen LogP contribution in [-0.4, -0.2) is 18.4 Å². The van der Waals surface area contributed by atoms with E-state index in [0.29, 0.717) is 11.8 Å². The first-order chi connectivity index (χ1) is 7.65. The molecule has 2 saturated carbocycles. The number of nitrogens with one attached hydrogen (secondary N) is 1. The summed E-state index contributed by atoms with van der Waals surface area (Å²) in [6, 6.07) is 0.496. The number of hydrogen-bond acceptors (Lipinski definition) is 2. The first-order valence-corrected chi connectivity index (χ1v) is 6.90. The van der Waals surface area contributed by atoms with E-state index in [4.69, 9.17) is 0 Å². The van der Waals surface area contributed by atoms with Gasteiger partial charge in [-0.1, -0.05) is 20.3 Å². The molecule has 0 aromatic carbocycles. The van der Waals surface area contributed by atoms with Crippen LogP contribution in [0.1, 0.15) is 52.4 Å². The van der Waals surface area contributed by atoms with Gasteiger partial charge in [-0.25, -0.2) is 0 Å². The summed E-state index contributed by atoms with van der Waals surface area (Å²) in [6.07, 6.45) is 7.18. The molecule has 0 heterocycles. The number of fused-ring (bicyclic) bond motifs is 2. The molecule has 16 heavy (non-hydrogen) atoms. The molecule has 0 saturated heterocycles. The van der Waals surface area contributed by atoms with Crippen LogP contribution < -0.4 is 5.32 Å². The third-order valence-electron chi connectivity index (χ3n) is 4.33. The molecule has 2 aliphatic rings. The lowest BCUT2D eigenvalue weighted by Crippen LogP contribution is -2.26. The molecular formula is C14H25NO. The third-order valence-corrected chi connectivity index (χ3v) is 4.33. The molecule has 2 fully saturated rings. The number of carbonyl (C=O) groups excluding carboxylic acids is 1. The van der Waals surface area contributed by atoms with Crippen LogP contribution in [0.3, 0.4) is 0 Å². The molecule has 2 aliphatic carbocycles. The average molecular weight is 223 g/mol. The molecule has 2 nitrogen and oxygen atoms in total. The minimum Gasteiger partial charge on any atom is -0.314 e. The van der Waals surface area contributed by atoms with Crippen molar-refractivity contribution in [1.29, 1.82) is 0 Å². The van der Waals surface area contributed by atoms with Gasteiger partial charge in [0, 0.05) is 25.4 Å². The standard InChI is InChI=1S/C14H25NO/c1-10(2)15-6-5-14(16)9-13-8-11-3-4-12(13)7-11/h10-13,15H,3-9H2,1-2H3. The highest BCUT2D eigenvalue weighted by Gasteiger charge is 2.39. The molecule has 0 amide bonds. The number of carbonyl (C=O) groups is 1. The van der Waals surface area contributed by atoms with Crippen LogP contribution in [0.5, 0.6) is 0 Å². The van der Waals surface area contributed by atoms with E-state index < -0.39 is 0 Å². The number of ketones is 1. The predicted octanol–water partition coefficient (Wildman–Crippen LogP) is 2.77. The Balaban J connectivity index is 1.64. The van der Waals surface area contributed by atoms with Gasteiger partial charge in [-0.15, -0.1) is 0 Å². The Morgan fingerprint density at radius 3 is 2.69 bits per heavy atom. The van der Waals surface area contributed by atoms with Gasteiger partial charge in [0.1, 0.15) is 5.78 Å². The number of hydrogen-bond donors (Lipinski definition) is 1. The van der Waals surface area contributed by atoms with E-state index in [1.54, 1.807) is 0 Å². The molecule has 3 unspecified atom stereocenters. The van der Waals surface area contributed by atoms with Crippen molar-refractivity contribution in [2.75, 3.05) is 6.54 Å². The van der Waals surface area contributed by atoms with E-state index in [9.17, 15) is 4.79 Å². The molecule has 0 aromatic heterocycles. The number of Topliss-reactive ketones (excluding diaryl/α,β-unsaturated/α-hetero) is 1. The van der Waals surface area contributed by atoms with Crippen molar-refractivity contribution in [3.8, 4) is 0 Å². The highest BCUT2D eigenvalue weighted by atomic mass is 16.1. The van der Waals surface area contributed by atoms with Crippen LogP contribution in [0.15, 0.2) is 0 Å². The van der Waals surface area contributed by atoms with Crippen LogP contribution in [0.2, 0.25) is 0 Å². The van der Waals surface area contributed by atoms with E-state index in [2.05, 4.69) is 19.2 Å². The van der Waals surface area contributed by atoms with Gasteiger partial charge in [0.2, 0.25) is 0 Å². The lowest BCUT2D eigenvalue weighted by Gasteiger charge is -2.20. The van der Waals surface area contributed by atoms with Gasteiger partial charge in [0.05, 0.1) is 0 Å². The summed E-state index contributed by atoms with van der Waals surface area (Å²) >= 11 is 0. The van der Waals surface area contributed by atoms with Crippen molar-refractivity contribution >= 4 is 5.78 Å². The lowest BCUT2D eigenvalue weighted by molar-refractivity contribution is -0.120. The SMILES string of the molecule is CC(C)NCCC(=O)CC1CC2CCC1C2. The Morgan fingerprint density at radius 2 is 2.12 bits per heavy atom. The van der Waals surface area contributed by atoms with Gasteiger partial charge >= 0.3 is 0 Å². The minimum absolute atomic E-state index is 0.478. The first-order valence-electron chi connectivity index (χ1n) is 6.90. The van der Waals surface area contributed by atoms with Crippen molar-refractivity contribution in [2.24, 2.45) is 17.8 Å². The van der Waals surface area contributed by atoms with Crippen molar-refractivity contribution in [3.05, 3.63) is 0 Å². The monoisotopic (exact) mass is 223 g/mol. The Bertz CT molecular complexity index is 249. The van der Waals surface area contributed by atoms with Crippen LogP contribution in [0.25, 0.3) is 0 Å². The normalized spacial score (nSPS) is 32.6. The summed E-state index contributed by atoms with van der Waals surface area (Å²) in [5.74, 6) is 3.08. The van der Waals surface area contributed by atoms with Gasteiger partial charge in [-0.2, -0.15) is 0 Å². The maximum atomic E-state index is 11.8. The maximum Gasteiger partial charge on any atom is 0.134 e. The molecule has 2 heteroatoms. The zero-order valence-electron chi connectivity index (χ0n) is 10.7. The second kappa shape index (κ2) is 5.31. The molecule has 2 bridgehead atoms. The van der Waals surface area contributed by atoms with Crippen molar-refractivity contribution in [1.82, 2.24) is 5.32 Å². The Morgan fingerprint density at radius 1 is 1.31 bits per heavy atom. The van der Waals surface area contributed by atoms with Crippen LogP contribution >= 0.6 is 0 Å². The first kappa shape index (κ1) is 12.1. The molecule has 0 aliphatic heterocycles. The number of rotatable bonds is 6. The van der Waals surface area contributed by atoms with Crippen molar-refractivity contribution in [2.45, 2.75) is 58.4 Å². The fraction of sp³-hybridized carbons (Fsp3) is 0.929. The zero-order valence-corrected chi connectivity index (χ0v) is 10.7. The molecule has 2 rings (SSSR count). The van der Waals surface area contributed by atoms with Crippen molar-refractivity contribution in [3.63, 3.8) is 0 Å². The maximum absolute atomic E-state index is 11.8. The van der Waals surface area contributed by atoms with E-state index in [-0.39, 0.29) is 0 Å². The molecule has 0 spiro atoms. The third kappa shape index (κ3) is 3.07. The lowest BCUT2D eigenvalue weighted by atomic mass is 9.85. The largest absolute Gasteiger partial charge is 0.314 e. The highest BCUT2D eigenvalue weighted by Crippen LogP contribution is 2.49. The van der Waals surface area contributed by atoms with Gasteiger partial charge in [0.25, 0.3) is 0 Å². The fourth-order valence-corrected chi connectivity index (χ4v) is 3.52. The smallest absolute Gasteiger partial charge is 0.134 e. The molecule has 0 aromatic rings. The Kier molecular flexibility index (Phi) is 4.01. The van der Waals surface area contributed by atoms with Gasteiger partial charge in [0.15, 0.2) is 0 Å². The highest BCUT2D eigenvalue weighted by molar-refractivity contribution is 5.78. The van der Waals surface area contributed by atoms with Gasteiger partial charge < -0.3 is 5.32 Å². The second-order valence-electron chi connectivity index (χ2n) is 6.04. The molecule has 1 N–H and O–H groups in total. The average Bonchev–Trinajstić information content (AvgIpc) is 2.78. The summed E-state index contributed by atoms with van der Waals surface area (Å²) in [7, 11) is 0. The van der Waals surface area contributed by atoms with Crippen LogP contribution in [0, 0.1) is 17.8 Å². The predicted molar refractivity (Wildman–Crippen MR) is 66.3 cm³/mol. The van der Waals surface area contributed by atoms with Crippen LogP contribution in [0.4, 0.5) is 0 Å². The summed E-state index contributed by atoms with van der Waals surface area (Å²) in [4.78, 5) is 11.8. The van der Waals surface area contributed by atoms with E-state index in [1.807, 2.05) is 0 Å². The van der Waals surface area contributed by atoms with Crippen molar-refractivity contribution < 1.29 is 4.79 Å². The Hall–Kier alpha value is -0.370. The Labute approximate surface area is 99.2 Å². The van der Waals surface area contributed by atoms with Crippen LogP contribution in [-0.2, 0) is 4.79 Å². The van der Waals surface area contributed by atoms with E-state index in [1.165, 1.54) is 25.7 Å². The summed E-state index contributed by atoms with van der Waals surface area (Å²) in [5.41, 5.74) is 0. The molecular weight excluding hydrogens is 198 g/mol. The summed E-state index contributed by atoms with van der Waals surface area (Å²) < 4.78 is 0. The molecule has 92 valence electrons. The topological polar surface area (TPSA) is 29.1 Å². The second-order valence-corrected chi connectivity index (χ2v) is 6.04. The van der Waals surface area contributed by atoms with E-state index in [0.717, 1.165) is 37.1 Å². The zero-order chi connectivity index (χ0) is 11.5. The van der Waals surface area contributed by atoms with Gasteiger partial charge in [-0.05, 0) is 37.0 Å². The van der Waals surface area contributed by atoms with Gasteiger partial charge in [-0.3, -0.25) is 4.79 Å². The minimum atomic E-state index is 0.478. The fourth-order valence-electron chi connectivity index (χ4n) is 3.52. The quantitative estimate of drug-likeness (QED) is 0.750. The molecule has 0 radical (unpaired) electrons. The van der Waals surface area contributed by atoms with E-state index >= 15 is 0 Å². The summed E-state index contributed by atoms with van der Waals surface area (Å²) in [6.45, 7) is 5.11.